The van der Waals surface area contributed by atoms with Gasteiger partial charge < -0.3 is 9.84 Å². The Bertz CT molecular complexity index is 1130. The molecule has 0 saturated heterocycles. The van der Waals surface area contributed by atoms with E-state index in [0.717, 1.165) is 15.2 Å². The fraction of sp³-hybridized carbons (Fsp3) is 0.235. The van der Waals surface area contributed by atoms with Crippen molar-refractivity contribution in [2.45, 2.75) is 4.90 Å². The smallest absolute Gasteiger partial charge is 0.342 e. The first-order valence-electron chi connectivity index (χ1n) is 8.31. The number of hydrogen-bond donors (Lipinski definition) is 2. The average Bonchev–Trinajstić information content (AvgIpc) is 2.71. The molecular formula is C17H20N5O7S+. The summed E-state index contributed by atoms with van der Waals surface area (Å²) in [6, 6.07) is 7.38. The van der Waals surface area contributed by atoms with Crippen LogP contribution in [0.5, 0.6) is 5.75 Å². The van der Waals surface area contributed by atoms with Gasteiger partial charge in [-0.2, -0.15) is 0 Å². The molecule has 0 spiro atoms. The van der Waals surface area contributed by atoms with Crippen molar-refractivity contribution < 1.29 is 32.8 Å². The number of nitrogens with one attached hydrogen (secondary N) is 1. The van der Waals surface area contributed by atoms with Crippen LogP contribution in [-0.4, -0.2) is 61.8 Å². The van der Waals surface area contributed by atoms with E-state index >= 15 is 0 Å². The molecule has 0 saturated carbocycles. The van der Waals surface area contributed by atoms with Crippen LogP contribution in [0, 0.1) is 10.1 Å². The van der Waals surface area contributed by atoms with Crippen molar-refractivity contribution >= 4 is 33.1 Å². The van der Waals surface area contributed by atoms with Gasteiger partial charge in [0.1, 0.15) is 11.3 Å². The van der Waals surface area contributed by atoms with E-state index in [1.165, 1.54) is 58.6 Å². The minimum atomic E-state index is -3.85. The molecule has 0 aliphatic heterocycles. The standard InChI is InChI=1S/C17H19N5O7S/c1-18-21(19-14-7-5-11(22(25)26)9-16(14)29-4)15-8-6-12(10-13(15)17(23)24)30(27,28)20(2)3/h5-10H,1-4H3,(H-,18,19,23,24)/p+1. The van der Waals surface area contributed by atoms with Crippen LogP contribution in [0.1, 0.15) is 10.4 Å². The summed E-state index contributed by atoms with van der Waals surface area (Å²) < 4.78 is 30.8. The number of nitrogens with zero attached hydrogens (tertiary/aromatic N) is 4. The molecule has 12 nitrogen and oxygen atoms in total. The SMILES string of the molecule is CN=[N+](Nc1ccc([N+](=O)[O-])cc1OC)c1ccc(S(=O)(=O)N(C)C)cc1C(=O)O. The normalized spacial score (nSPS) is 12.0. The molecule has 0 aliphatic carbocycles. The van der Waals surface area contributed by atoms with Crippen LogP contribution in [-0.2, 0) is 10.0 Å². The Morgan fingerprint density at radius 1 is 1.23 bits per heavy atom. The average molecular weight is 438 g/mol. The first kappa shape index (κ1) is 22.7. The Morgan fingerprint density at radius 3 is 2.40 bits per heavy atom. The number of nitro groups is 1. The third kappa shape index (κ3) is 4.52. The largest absolute Gasteiger partial charge is 0.494 e. The quantitative estimate of drug-likeness (QED) is 0.275. The number of methoxy groups -OCH3 is 1. The van der Waals surface area contributed by atoms with Gasteiger partial charge in [-0.3, -0.25) is 10.1 Å². The molecule has 2 aromatic rings. The molecule has 30 heavy (non-hydrogen) atoms. The summed E-state index contributed by atoms with van der Waals surface area (Å²) in [5.74, 6) is -1.24. The lowest BCUT2D eigenvalue weighted by molar-refractivity contribution is -0.480. The number of ether oxygens (including phenoxy) is 1. The van der Waals surface area contributed by atoms with Crippen molar-refractivity contribution in [2.75, 3.05) is 33.7 Å². The number of aromatic carboxylic acids is 1. The molecule has 2 N–H and O–H groups in total. The summed E-state index contributed by atoms with van der Waals surface area (Å²) in [5.41, 5.74) is 2.61. The molecule has 0 atom stereocenters. The van der Waals surface area contributed by atoms with Gasteiger partial charge in [0.05, 0.1) is 30.0 Å². The van der Waals surface area contributed by atoms with Gasteiger partial charge in [-0.05, 0) is 23.3 Å². The maximum Gasteiger partial charge on any atom is 0.342 e. The van der Waals surface area contributed by atoms with Crippen LogP contribution in [0.3, 0.4) is 0 Å². The fourth-order valence-electron chi connectivity index (χ4n) is 2.46. The number of carboxylic acids is 1. The summed E-state index contributed by atoms with van der Waals surface area (Å²) in [7, 11) is 1.51. The molecule has 0 heterocycles. The Labute approximate surface area is 172 Å². The monoisotopic (exact) mass is 438 g/mol. The molecule has 0 amide bonds. The lowest BCUT2D eigenvalue weighted by Gasteiger charge is -2.12. The highest BCUT2D eigenvalue weighted by Crippen LogP contribution is 2.31. The van der Waals surface area contributed by atoms with Crippen molar-refractivity contribution in [2.24, 2.45) is 5.11 Å². The second-order valence-corrected chi connectivity index (χ2v) is 8.19. The summed E-state index contributed by atoms with van der Waals surface area (Å²) >= 11 is 0. The van der Waals surface area contributed by atoms with E-state index < -0.39 is 20.9 Å². The van der Waals surface area contributed by atoms with Gasteiger partial charge in [-0.15, -0.1) is 5.43 Å². The van der Waals surface area contributed by atoms with Crippen LogP contribution in [0.15, 0.2) is 46.4 Å². The second-order valence-electron chi connectivity index (χ2n) is 6.04. The predicted molar refractivity (Wildman–Crippen MR) is 106 cm³/mol. The number of sulfonamides is 1. The lowest BCUT2D eigenvalue weighted by atomic mass is 10.2. The highest BCUT2D eigenvalue weighted by Gasteiger charge is 2.28. The maximum absolute atomic E-state index is 12.3. The van der Waals surface area contributed by atoms with E-state index in [2.05, 4.69) is 10.5 Å². The number of hydrazine groups is 1. The van der Waals surface area contributed by atoms with Gasteiger partial charge in [-0.1, -0.05) is 0 Å². The molecule has 0 unspecified atom stereocenters. The van der Waals surface area contributed by atoms with Crippen molar-refractivity contribution in [1.82, 2.24) is 4.31 Å². The summed E-state index contributed by atoms with van der Waals surface area (Å²) in [4.78, 5) is 23.0. The van der Waals surface area contributed by atoms with Gasteiger partial charge in [0.25, 0.3) is 11.4 Å². The predicted octanol–water partition coefficient (Wildman–Crippen LogP) is 2.30. The highest BCUT2D eigenvalue weighted by atomic mass is 32.2. The molecule has 0 bridgehead atoms. The number of benzene rings is 2. The number of carboxylic acid groups (broad SMARTS) is 1. The van der Waals surface area contributed by atoms with E-state index in [9.17, 15) is 28.4 Å². The highest BCUT2D eigenvalue weighted by molar-refractivity contribution is 7.89. The van der Waals surface area contributed by atoms with Gasteiger partial charge in [-0.25, -0.2) is 17.5 Å². The third-order valence-corrected chi connectivity index (χ3v) is 5.84. The van der Waals surface area contributed by atoms with E-state index in [1.807, 2.05) is 0 Å². The summed E-state index contributed by atoms with van der Waals surface area (Å²) in [5, 5.41) is 24.5. The Hall–Kier alpha value is -3.58. The van der Waals surface area contributed by atoms with E-state index in [1.54, 1.807) is 0 Å². The molecule has 160 valence electrons. The third-order valence-electron chi connectivity index (χ3n) is 4.03. The van der Waals surface area contributed by atoms with Gasteiger partial charge in [0.2, 0.25) is 10.0 Å². The zero-order valence-corrected chi connectivity index (χ0v) is 17.4. The Morgan fingerprint density at radius 2 is 1.90 bits per heavy atom. The van der Waals surface area contributed by atoms with Crippen molar-refractivity contribution in [3.8, 4) is 5.75 Å². The first-order chi connectivity index (χ1) is 14.0. The van der Waals surface area contributed by atoms with Crippen molar-refractivity contribution in [3.63, 3.8) is 0 Å². The minimum Gasteiger partial charge on any atom is -0.494 e. The first-order valence-corrected chi connectivity index (χ1v) is 9.75. The van der Waals surface area contributed by atoms with Crippen LogP contribution >= 0.6 is 0 Å². The molecule has 0 radical (unpaired) electrons. The molecule has 2 rings (SSSR count). The number of rotatable bonds is 8. The van der Waals surface area contributed by atoms with Crippen LogP contribution in [0.4, 0.5) is 17.1 Å². The molecule has 2 aromatic carbocycles. The van der Waals surface area contributed by atoms with Crippen LogP contribution < -0.4 is 10.2 Å². The molecular weight excluding hydrogens is 418 g/mol. The van der Waals surface area contributed by atoms with Crippen molar-refractivity contribution in [1.29, 1.82) is 0 Å². The van der Waals surface area contributed by atoms with Crippen LogP contribution in [0.25, 0.3) is 0 Å². The molecule has 13 heteroatoms. The molecule has 0 aliphatic rings. The van der Waals surface area contributed by atoms with E-state index in [4.69, 9.17) is 4.74 Å². The lowest BCUT2D eigenvalue weighted by Crippen LogP contribution is -2.23. The molecule has 0 aromatic heterocycles. The van der Waals surface area contributed by atoms with Crippen LogP contribution in [0.2, 0.25) is 0 Å². The topological polar surface area (TPSA) is 154 Å². The maximum atomic E-state index is 12.3. The van der Waals surface area contributed by atoms with Gasteiger partial charge in [0, 0.05) is 31.0 Å². The number of non-ortho nitro benzene ring substituents is 1. The number of carbonyl (C=O) groups is 1. The summed E-state index contributed by atoms with van der Waals surface area (Å²) in [6.45, 7) is 0. The number of azo groups is 1. The number of anilines is 1. The van der Waals surface area contributed by atoms with Gasteiger partial charge >= 0.3 is 5.97 Å². The van der Waals surface area contributed by atoms with Crippen molar-refractivity contribution in [3.05, 3.63) is 52.1 Å². The van der Waals surface area contributed by atoms with E-state index in [-0.39, 0.29) is 33.3 Å². The Kier molecular flexibility index (Phi) is 6.69. The zero-order valence-electron chi connectivity index (χ0n) is 16.6. The summed E-state index contributed by atoms with van der Waals surface area (Å²) in [6.07, 6.45) is 0. The number of nitro benzene ring substituents is 1. The second kappa shape index (κ2) is 8.84. The fourth-order valence-corrected chi connectivity index (χ4v) is 3.39. The van der Waals surface area contributed by atoms with Gasteiger partial charge in [0.15, 0.2) is 5.75 Å². The molecule has 0 fully saturated rings. The Balaban J connectivity index is 2.54. The number of hydrogen-bond acceptors (Lipinski definition) is 7. The minimum absolute atomic E-state index is 0.0445. The van der Waals surface area contributed by atoms with E-state index in [0.29, 0.717) is 0 Å². The zero-order chi connectivity index (χ0) is 22.6.